The molecule has 2 rings (SSSR count). The van der Waals surface area contributed by atoms with Crippen LogP contribution < -0.4 is 0 Å². The summed E-state index contributed by atoms with van der Waals surface area (Å²) in [6.07, 6.45) is 3.64. The lowest BCUT2D eigenvalue weighted by molar-refractivity contribution is -0.166. The number of allylic oxidation sites excluding steroid dienone is 2. The van der Waals surface area contributed by atoms with Crippen molar-refractivity contribution >= 4 is 48.3 Å². The molecular formula is C14H17ClF2N4O2S. The van der Waals surface area contributed by atoms with Gasteiger partial charge in [-0.3, -0.25) is 19.9 Å². The second-order valence-corrected chi connectivity index (χ2v) is 6.40. The maximum Gasteiger partial charge on any atom is 0.282 e. The molecule has 0 saturated carbocycles. The Bertz CT molecular complexity index is 604. The summed E-state index contributed by atoms with van der Waals surface area (Å²) >= 11 is 9.91. The van der Waals surface area contributed by atoms with E-state index in [9.17, 15) is 18.4 Å². The molecule has 132 valence electrons. The van der Waals surface area contributed by atoms with Crippen molar-refractivity contribution in [2.75, 3.05) is 19.6 Å². The molecule has 2 aliphatic rings. The molecule has 0 aromatic heterocycles. The molecule has 24 heavy (non-hydrogen) atoms. The van der Waals surface area contributed by atoms with Crippen LogP contribution in [0.4, 0.5) is 8.78 Å². The number of hydrogen-bond donors (Lipinski definition) is 2. The summed E-state index contributed by atoms with van der Waals surface area (Å²) in [4.78, 5) is 25.8. The van der Waals surface area contributed by atoms with Gasteiger partial charge in [-0.1, -0.05) is 6.08 Å². The Labute approximate surface area is 148 Å². The third-order valence-corrected chi connectivity index (χ3v) is 4.49. The average Bonchev–Trinajstić information content (AvgIpc) is 2.87. The highest BCUT2D eigenvalue weighted by molar-refractivity contribution is 7.79. The van der Waals surface area contributed by atoms with E-state index in [2.05, 4.69) is 17.2 Å². The molecule has 1 fully saturated rings. The van der Waals surface area contributed by atoms with Crippen LogP contribution >= 0.6 is 24.4 Å². The van der Waals surface area contributed by atoms with Crippen molar-refractivity contribution in [3.63, 3.8) is 0 Å². The summed E-state index contributed by atoms with van der Waals surface area (Å²) < 4.78 is 29.3. The highest BCUT2D eigenvalue weighted by Gasteiger charge is 2.46. The fourth-order valence-electron chi connectivity index (χ4n) is 2.55. The first-order valence-electron chi connectivity index (χ1n) is 7.28. The third-order valence-electron chi connectivity index (χ3n) is 3.89. The zero-order valence-corrected chi connectivity index (χ0v) is 14.4. The van der Waals surface area contributed by atoms with Gasteiger partial charge in [0.05, 0.1) is 30.5 Å². The minimum Gasteiger partial charge on any atom is -0.329 e. The first-order valence-corrected chi connectivity index (χ1v) is 8.12. The van der Waals surface area contributed by atoms with Crippen molar-refractivity contribution < 1.29 is 18.4 Å². The van der Waals surface area contributed by atoms with E-state index in [1.165, 1.54) is 0 Å². The van der Waals surface area contributed by atoms with Crippen molar-refractivity contribution in [2.45, 2.75) is 30.6 Å². The zero-order valence-electron chi connectivity index (χ0n) is 12.7. The second-order valence-electron chi connectivity index (χ2n) is 5.67. The summed E-state index contributed by atoms with van der Waals surface area (Å²) in [5.74, 6) is -3.90. The number of nitrogens with one attached hydrogen (secondary N) is 1. The highest BCUT2D eigenvalue weighted by Crippen LogP contribution is 2.27. The Hall–Kier alpha value is -1.48. The van der Waals surface area contributed by atoms with Crippen LogP contribution in [0.1, 0.15) is 19.3 Å². The summed E-state index contributed by atoms with van der Waals surface area (Å²) in [5.41, 5.74) is 1.44. The van der Waals surface area contributed by atoms with Crippen molar-refractivity contribution in [1.82, 2.24) is 9.80 Å². The standard InChI is InChI=1S/C14H17ClF2N4O2S/c15-10-3-1-9(13(10)19-24)2-4-11(22)20(8-18)5-12(23)21-6-14(16,17)7-21/h1,8,10,18,24H,2-7H2/t10-/m1/s1. The summed E-state index contributed by atoms with van der Waals surface area (Å²) in [6, 6.07) is 0. The number of halogens is 3. The summed E-state index contributed by atoms with van der Waals surface area (Å²) in [7, 11) is 0. The van der Waals surface area contributed by atoms with Gasteiger partial charge in [-0.05, 0) is 31.2 Å². The fourth-order valence-corrected chi connectivity index (χ4v) is 3.16. The Morgan fingerprint density at radius 1 is 1.54 bits per heavy atom. The number of amides is 2. The predicted octanol–water partition coefficient (Wildman–Crippen LogP) is 1.90. The number of nitrogens with zero attached hydrogens (tertiary/aromatic N) is 3. The maximum atomic E-state index is 12.8. The number of carbonyl (C=O) groups is 2. The molecule has 1 saturated heterocycles. The molecule has 0 aromatic carbocycles. The second kappa shape index (κ2) is 7.60. The third kappa shape index (κ3) is 4.32. The van der Waals surface area contributed by atoms with Gasteiger partial charge in [-0.15, -0.1) is 11.6 Å². The van der Waals surface area contributed by atoms with Crippen LogP contribution in [0.25, 0.3) is 0 Å². The topological polar surface area (TPSA) is 76.8 Å². The number of hydrogen-bond acceptors (Lipinski definition) is 5. The minimum absolute atomic E-state index is 0.0566. The molecule has 1 N–H and O–H groups in total. The molecule has 0 radical (unpaired) electrons. The first kappa shape index (κ1) is 18.9. The number of thiol groups is 1. The minimum atomic E-state index is -2.86. The van der Waals surface area contributed by atoms with Crippen LogP contribution in [0.3, 0.4) is 0 Å². The molecule has 0 unspecified atom stereocenters. The van der Waals surface area contributed by atoms with Crippen LogP contribution in [-0.4, -0.2) is 64.6 Å². The van der Waals surface area contributed by atoms with E-state index in [1.807, 2.05) is 6.08 Å². The van der Waals surface area contributed by atoms with E-state index in [0.717, 1.165) is 21.7 Å². The van der Waals surface area contributed by atoms with Crippen LogP contribution in [0.2, 0.25) is 0 Å². The van der Waals surface area contributed by atoms with Gasteiger partial charge in [-0.25, -0.2) is 13.2 Å². The van der Waals surface area contributed by atoms with Crippen LogP contribution in [0, 0.1) is 5.41 Å². The maximum absolute atomic E-state index is 12.8. The monoisotopic (exact) mass is 378 g/mol. The molecular weight excluding hydrogens is 362 g/mol. The van der Waals surface area contributed by atoms with Gasteiger partial charge in [0.1, 0.15) is 6.54 Å². The van der Waals surface area contributed by atoms with Gasteiger partial charge in [0, 0.05) is 6.42 Å². The molecule has 2 amide bonds. The van der Waals surface area contributed by atoms with Crippen molar-refractivity contribution in [2.24, 2.45) is 4.40 Å². The van der Waals surface area contributed by atoms with Crippen molar-refractivity contribution in [3.05, 3.63) is 11.6 Å². The number of rotatable bonds is 6. The molecule has 1 atom stereocenters. The fraction of sp³-hybridized carbons (Fsp3) is 0.571. The smallest absolute Gasteiger partial charge is 0.282 e. The van der Waals surface area contributed by atoms with Crippen LogP contribution in [0.15, 0.2) is 16.0 Å². The van der Waals surface area contributed by atoms with Crippen LogP contribution in [-0.2, 0) is 9.59 Å². The molecule has 1 heterocycles. The largest absolute Gasteiger partial charge is 0.329 e. The van der Waals surface area contributed by atoms with E-state index >= 15 is 0 Å². The molecule has 10 heteroatoms. The van der Waals surface area contributed by atoms with Gasteiger partial charge >= 0.3 is 0 Å². The number of alkyl halides is 3. The van der Waals surface area contributed by atoms with Gasteiger partial charge in [0.15, 0.2) is 0 Å². The lowest BCUT2D eigenvalue weighted by Gasteiger charge is -2.39. The quantitative estimate of drug-likeness (QED) is 0.320. The lowest BCUT2D eigenvalue weighted by atomic mass is 10.1. The van der Waals surface area contributed by atoms with E-state index < -0.39 is 37.4 Å². The Balaban J connectivity index is 1.84. The first-order chi connectivity index (χ1) is 11.3. The van der Waals surface area contributed by atoms with Gasteiger partial charge < -0.3 is 4.90 Å². The average molecular weight is 379 g/mol. The summed E-state index contributed by atoms with van der Waals surface area (Å²) in [5, 5.41) is 7.00. The van der Waals surface area contributed by atoms with Crippen molar-refractivity contribution in [3.8, 4) is 0 Å². The van der Waals surface area contributed by atoms with E-state index in [0.29, 0.717) is 18.6 Å². The van der Waals surface area contributed by atoms with Gasteiger partial charge in [-0.2, -0.15) is 0 Å². The molecule has 6 nitrogen and oxygen atoms in total. The predicted molar refractivity (Wildman–Crippen MR) is 90.0 cm³/mol. The summed E-state index contributed by atoms with van der Waals surface area (Å²) in [6.45, 7) is -1.70. The van der Waals surface area contributed by atoms with Crippen molar-refractivity contribution in [1.29, 1.82) is 5.41 Å². The molecule has 1 aliphatic carbocycles. The van der Waals surface area contributed by atoms with E-state index in [1.54, 1.807) is 0 Å². The van der Waals surface area contributed by atoms with E-state index in [-0.39, 0.29) is 11.8 Å². The Kier molecular flexibility index (Phi) is 5.97. The normalized spacial score (nSPS) is 23.7. The lowest BCUT2D eigenvalue weighted by Crippen LogP contribution is -2.60. The Morgan fingerprint density at radius 2 is 2.21 bits per heavy atom. The molecule has 0 aromatic rings. The van der Waals surface area contributed by atoms with E-state index in [4.69, 9.17) is 17.0 Å². The molecule has 0 spiro atoms. The zero-order chi connectivity index (χ0) is 17.9. The van der Waals surface area contributed by atoms with Gasteiger partial charge in [0.2, 0.25) is 11.8 Å². The SMILES string of the molecule is N=CN(CC(=O)N1CC(F)(F)C1)C(=O)CCC1=CC[C@@H](Cl)C1=NS. The number of likely N-dealkylation sites (tertiary alicyclic amines) is 1. The Morgan fingerprint density at radius 3 is 2.75 bits per heavy atom. The highest BCUT2D eigenvalue weighted by atomic mass is 35.5. The molecule has 0 bridgehead atoms. The van der Waals surface area contributed by atoms with Crippen LogP contribution in [0.5, 0.6) is 0 Å². The van der Waals surface area contributed by atoms with Gasteiger partial charge in [0.25, 0.3) is 5.92 Å². The number of carbonyl (C=O) groups excluding carboxylic acids is 2. The molecule has 1 aliphatic heterocycles.